The largest absolute Gasteiger partial charge is 0.353 e. The van der Waals surface area contributed by atoms with Crippen molar-refractivity contribution < 1.29 is 38.2 Å². The van der Waals surface area contributed by atoms with Crippen LogP contribution in [0, 0.1) is 0 Å². The Morgan fingerprint density at radius 3 is 1.44 bits per heavy atom. The molecule has 4 heterocycles. The minimum absolute atomic E-state index is 0.0394. The number of fused-ring (bicyclic) bond motifs is 1. The van der Waals surface area contributed by atoms with Crippen LogP contribution in [0.5, 0.6) is 0 Å². The van der Waals surface area contributed by atoms with Gasteiger partial charge in [0.2, 0.25) is 11.8 Å². The zero-order valence-corrected chi connectivity index (χ0v) is 41.7. The Labute approximate surface area is 375 Å². The molecule has 0 aromatic heterocycles. The number of carbonyl (C=O) groups is 6. The fourth-order valence-electron chi connectivity index (χ4n) is 6.01. The van der Waals surface area contributed by atoms with E-state index in [1.807, 2.05) is 83.9 Å². The van der Waals surface area contributed by atoms with Crippen LogP contribution in [0.15, 0.2) is 36.4 Å². The summed E-state index contributed by atoms with van der Waals surface area (Å²) < 4.78 is 11.1. The molecule has 1 unspecified atom stereocenters. The second-order valence-electron chi connectivity index (χ2n) is 19.9. The third-order valence-corrected chi connectivity index (χ3v) is 11.0. The standard InChI is InChI=1S/C12H13NO2.C11H23NO2.C8H13NO2.C8H11NO2.C7H17NS2/c1-12(2,3)13-10(14)8-6-4-5-7-9(8)11(13)15;1-11(2,3)12-7-9-14-10-6-4-5-8-13-10;2*1-8(2,3)9-6(10)4-5-7(9)11;1-5-9-10-6-8-7(2,3)4/h4-7H,1-3H3;10,12H,4-9H2,1-3H3;4-5H2,1-3H3;4-5H,1-3H3;8H,5-6H2,1-4H3. The van der Waals surface area contributed by atoms with Gasteiger partial charge in [-0.3, -0.25) is 43.5 Å². The van der Waals surface area contributed by atoms with Gasteiger partial charge in [0.05, 0.1) is 23.6 Å². The Morgan fingerprint density at radius 1 is 0.639 bits per heavy atom. The van der Waals surface area contributed by atoms with Crippen LogP contribution in [0.4, 0.5) is 0 Å². The van der Waals surface area contributed by atoms with Crippen molar-refractivity contribution in [1.82, 2.24) is 25.3 Å². The first-order chi connectivity index (χ1) is 27.9. The van der Waals surface area contributed by atoms with Gasteiger partial charge in [-0.1, -0.05) is 40.6 Å². The molecular formula is C46H77N5O8S2. The minimum atomic E-state index is -0.465. The van der Waals surface area contributed by atoms with Crippen molar-refractivity contribution in [3.8, 4) is 0 Å². The van der Waals surface area contributed by atoms with Crippen LogP contribution in [0.3, 0.4) is 0 Å². The van der Waals surface area contributed by atoms with Crippen molar-refractivity contribution >= 4 is 57.0 Å². The highest BCUT2D eigenvalue weighted by molar-refractivity contribution is 8.76. The van der Waals surface area contributed by atoms with Gasteiger partial charge in [-0.05, 0) is 135 Å². The number of amides is 6. The molecule has 4 aliphatic heterocycles. The summed E-state index contributed by atoms with van der Waals surface area (Å²) in [6.07, 6.45) is 6.88. The average molecular weight is 892 g/mol. The number of benzene rings is 1. The lowest BCUT2D eigenvalue weighted by atomic mass is 10.1. The van der Waals surface area contributed by atoms with Gasteiger partial charge in [-0.15, -0.1) is 0 Å². The van der Waals surface area contributed by atoms with Gasteiger partial charge in [-0.2, -0.15) is 0 Å². The summed E-state index contributed by atoms with van der Waals surface area (Å²) in [7, 11) is 3.79. The lowest BCUT2D eigenvalue weighted by molar-refractivity contribution is -0.161. The summed E-state index contributed by atoms with van der Waals surface area (Å²) in [5.41, 5.74) is 0.253. The minimum Gasteiger partial charge on any atom is -0.353 e. The third-order valence-electron chi connectivity index (χ3n) is 8.73. The summed E-state index contributed by atoms with van der Waals surface area (Å²) in [6, 6.07) is 6.94. The van der Waals surface area contributed by atoms with Gasteiger partial charge < -0.3 is 20.1 Å². The van der Waals surface area contributed by atoms with Crippen molar-refractivity contribution in [3.05, 3.63) is 47.5 Å². The van der Waals surface area contributed by atoms with E-state index in [4.69, 9.17) is 9.47 Å². The normalized spacial score (nSPS) is 18.2. The van der Waals surface area contributed by atoms with Crippen LogP contribution < -0.4 is 10.6 Å². The Kier molecular flexibility index (Phi) is 22.6. The lowest BCUT2D eigenvalue weighted by Gasteiger charge is -2.29. The predicted molar refractivity (Wildman–Crippen MR) is 249 cm³/mol. The van der Waals surface area contributed by atoms with E-state index in [9.17, 15) is 28.8 Å². The highest BCUT2D eigenvalue weighted by atomic mass is 33.1. The molecule has 15 heteroatoms. The number of hydrogen-bond acceptors (Lipinski definition) is 12. The monoisotopic (exact) mass is 892 g/mol. The second-order valence-corrected chi connectivity index (χ2v) is 22.7. The van der Waals surface area contributed by atoms with Crippen molar-refractivity contribution in [2.45, 2.75) is 177 Å². The van der Waals surface area contributed by atoms with Crippen molar-refractivity contribution in [2.24, 2.45) is 0 Å². The fraction of sp³-hybridized carbons (Fsp3) is 0.696. The van der Waals surface area contributed by atoms with Crippen LogP contribution >= 0.6 is 21.6 Å². The SMILES string of the molecule is CC(C)(C)N1C(=O)C=CC1=O.CC(C)(C)N1C(=O)CCC1=O.CC(C)(C)N1C(=O)c2ccccc2C1=O.CC(C)(C)NCCOC1CCCCO1.CCSSCNC(C)(C)C. The molecule has 0 radical (unpaired) electrons. The Bertz CT molecular complexity index is 1560. The van der Waals surface area contributed by atoms with Gasteiger partial charge in [0.25, 0.3) is 23.6 Å². The quantitative estimate of drug-likeness (QED) is 0.112. The number of ether oxygens (including phenoxy) is 2. The van der Waals surface area contributed by atoms with E-state index in [0.717, 1.165) is 32.1 Å². The van der Waals surface area contributed by atoms with E-state index in [-0.39, 0.29) is 58.3 Å². The molecular weight excluding hydrogens is 815 g/mol. The molecule has 6 amide bonds. The van der Waals surface area contributed by atoms with Crippen molar-refractivity contribution in [3.63, 3.8) is 0 Å². The van der Waals surface area contributed by atoms with Crippen molar-refractivity contribution in [1.29, 1.82) is 0 Å². The highest BCUT2D eigenvalue weighted by Gasteiger charge is 2.41. The topological polar surface area (TPSA) is 155 Å². The van der Waals surface area contributed by atoms with Crippen LogP contribution in [0.1, 0.15) is 164 Å². The molecule has 0 spiro atoms. The van der Waals surface area contributed by atoms with Crippen LogP contribution in [0.2, 0.25) is 0 Å². The number of rotatable bonds is 8. The number of likely N-dealkylation sites (tertiary alicyclic amines) is 1. The smallest absolute Gasteiger partial charge is 0.262 e. The average Bonchev–Trinajstić information content (AvgIpc) is 3.75. The molecule has 0 bridgehead atoms. The molecule has 13 nitrogen and oxygen atoms in total. The number of nitrogens with one attached hydrogen (secondary N) is 2. The molecule has 2 saturated heterocycles. The van der Waals surface area contributed by atoms with E-state index in [1.165, 1.54) is 45.4 Å². The first-order valence-electron chi connectivity index (χ1n) is 21.3. The molecule has 61 heavy (non-hydrogen) atoms. The first kappa shape index (κ1) is 55.9. The number of nitrogens with zero attached hydrogens (tertiary/aromatic N) is 3. The molecule has 346 valence electrons. The molecule has 2 N–H and O–H groups in total. The van der Waals surface area contributed by atoms with Gasteiger partial charge >= 0.3 is 0 Å². The Balaban J connectivity index is 0.000000385. The highest BCUT2D eigenvalue weighted by Crippen LogP contribution is 2.29. The lowest BCUT2D eigenvalue weighted by Crippen LogP contribution is -2.45. The molecule has 0 saturated carbocycles. The van der Waals surface area contributed by atoms with Gasteiger partial charge in [-0.25, -0.2) is 0 Å². The maximum absolute atomic E-state index is 12.0. The molecule has 2 fully saturated rings. The summed E-state index contributed by atoms with van der Waals surface area (Å²) in [4.78, 5) is 72.2. The molecule has 5 rings (SSSR count). The molecule has 0 aliphatic carbocycles. The van der Waals surface area contributed by atoms with E-state index in [2.05, 4.69) is 59.1 Å². The van der Waals surface area contributed by atoms with Crippen LogP contribution in [-0.4, -0.2) is 116 Å². The van der Waals surface area contributed by atoms with Crippen LogP contribution in [-0.2, 0) is 28.7 Å². The number of imide groups is 3. The molecule has 1 aromatic carbocycles. The molecule has 4 aliphatic rings. The summed E-state index contributed by atoms with van der Waals surface area (Å²) >= 11 is 0. The Morgan fingerprint density at radius 2 is 1.10 bits per heavy atom. The van der Waals surface area contributed by atoms with E-state index < -0.39 is 11.1 Å². The van der Waals surface area contributed by atoms with Gasteiger partial charge in [0.1, 0.15) is 0 Å². The van der Waals surface area contributed by atoms with E-state index >= 15 is 0 Å². The summed E-state index contributed by atoms with van der Waals surface area (Å²) in [6.45, 7) is 34.4. The number of carbonyl (C=O) groups excluding carboxylic acids is 6. The third kappa shape index (κ3) is 20.8. The maximum Gasteiger partial charge on any atom is 0.262 e. The second kappa shape index (κ2) is 24.7. The van der Waals surface area contributed by atoms with Crippen molar-refractivity contribution in [2.75, 3.05) is 31.4 Å². The summed E-state index contributed by atoms with van der Waals surface area (Å²) in [5.74, 6) is 1.33. The van der Waals surface area contributed by atoms with E-state index in [0.29, 0.717) is 24.0 Å². The zero-order chi connectivity index (χ0) is 47.0. The number of hydrogen-bond donors (Lipinski definition) is 2. The zero-order valence-electron chi connectivity index (χ0n) is 40.0. The van der Waals surface area contributed by atoms with Gasteiger partial charge in [0.15, 0.2) is 6.29 Å². The van der Waals surface area contributed by atoms with Crippen LogP contribution in [0.25, 0.3) is 0 Å². The first-order valence-corrected chi connectivity index (χ1v) is 23.8. The summed E-state index contributed by atoms with van der Waals surface area (Å²) in [5, 5.41) is 6.78. The predicted octanol–water partition coefficient (Wildman–Crippen LogP) is 8.38. The molecule has 1 atom stereocenters. The maximum atomic E-state index is 12.0. The molecule has 1 aromatic rings. The fourth-order valence-corrected chi connectivity index (χ4v) is 7.68. The van der Waals surface area contributed by atoms with E-state index in [1.54, 1.807) is 24.3 Å². The van der Waals surface area contributed by atoms with Gasteiger partial charge in [0, 0.05) is 71.6 Å². The Hall–Kier alpha value is -3.08.